The number of methoxy groups -OCH3 is 1. The molecule has 0 saturated carbocycles. The number of amides is 1. The van der Waals surface area contributed by atoms with Gasteiger partial charge in [0.25, 0.3) is 5.91 Å². The van der Waals surface area contributed by atoms with Gasteiger partial charge in [0.05, 0.1) is 13.2 Å². The highest BCUT2D eigenvalue weighted by atomic mass is 32.1. The van der Waals surface area contributed by atoms with E-state index in [1.807, 2.05) is 6.92 Å². The van der Waals surface area contributed by atoms with Crippen LogP contribution >= 0.6 is 11.3 Å². The highest BCUT2D eigenvalue weighted by molar-refractivity contribution is 7.12. The van der Waals surface area contributed by atoms with Gasteiger partial charge in [0, 0.05) is 6.54 Å². The zero-order valence-electron chi connectivity index (χ0n) is 8.82. The van der Waals surface area contributed by atoms with Gasteiger partial charge < -0.3 is 15.2 Å². The molecule has 0 saturated heterocycles. The highest BCUT2D eigenvalue weighted by Crippen LogP contribution is 2.23. The standard InChI is InChI=1S/C10H15NO3S/c1-3-7(12)6-11-10(13)9-8(14-2)4-5-15-9/h4-5,7,12H,3,6H2,1-2H3,(H,11,13). The van der Waals surface area contributed by atoms with Gasteiger partial charge in [-0.15, -0.1) is 11.3 Å². The molecule has 5 heteroatoms. The number of carbonyl (C=O) groups is 1. The number of hydrogen-bond donors (Lipinski definition) is 2. The largest absolute Gasteiger partial charge is 0.495 e. The van der Waals surface area contributed by atoms with E-state index in [0.29, 0.717) is 17.0 Å². The summed E-state index contributed by atoms with van der Waals surface area (Å²) in [6.07, 6.45) is 0.141. The third-order valence-electron chi connectivity index (χ3n) is 2.02. The van der Waals surface area contributed by atoms with Crippen molar-refractivity contribution >= 4 is 17.2 Å². The Hall–Kier alpha value is -1.07. The molecule has 0 aliphatic rings. The van der Waals surface area contributed by atoms with Crippen molar-refractivity contribution in [1.82, 2.24) is 5.32 Å². The predicted octanol–water partition coefficient (Wildman–Crippen LogP) is 1.26. The molecule has 0 aromatic carbocycles. The Morgan fingerprint density at radius 3 is 3.07 bits per heavy atom. The number of rotatable bonds is 5. The van der Waals surface area contributed by atoms with E-state index in [1.54, 1.807) is 11.4 Å². The second-order valence-corrected chi connectivity index (χ2v) is 4.01. The van der Waals surface area contributed by atoms with Gasteiger partial charge in [0.15, 0.2) is 0 Å². The van der Waals surface area contributed by atoms with E-state index in [1.165, 1.54) is 18.4 Å². The minimum absolute atomic E-state index is 0.200. The maximum Gasteiger partial charge on any atom is 0.265 e. The topological polar surface area (TPSA) is 58.6 Å². The summed E-state index contributed by atoms with van der Waals surface area (Å²) in [5, 5.41) is 13.7. The molecule has 0 spiro atoms. The lowest BCUT2D eigenvalue weighted by Crippen LogP contribution is -2.31. The average molecular weight is 229 g/mol. The van der Waals surface area contributed by atoms with Crippen molar-refractivity contribution in [2.75, 3.05) is 13.7 Å². The summed E-state index contributed by atoms with van der Waals surface area (Å²) in [5.41, 5.74) is 0. The van der Waals surface area contributed by atoms with E-state index in [-0.39, 0.29) is 12.5 Å². The van der Waals surface area contributed by atoms with Crippen molar-refractivity contribution in [3.8, 4) is 5.75 Å². The van der Waals surface area contributed by atoms with Gasteiger partial charge in [0.2, 0.25) is 0 Å². The number of aliphatic hydroxyl groups excluding tert-OH is 1. The molecule has 1 aromatic rings. The Labute approximate surface area is 92.9 Å². The van der Waals surface area contributed by atoms with Crippen molar-refractivity contribution in [2.24, 2.45) is 0 Å². The molecule has 0 aliphatic heterocycles. The van der Waals surface area contributed by atoms with Crippen molar-refractivity contribution in [3.63, 3.8) is 0 Å². The Kier molecular flexibility index (Phi) is 4.58. The third kappa shape index (κ3) is 3.21. The fraction of sp³-hybridized carbons (Fsp3) is 0.500. The second-order valence-electron chi connectivity index (χ2n) is 3.09. The Balaban J connectivity index is 2.54. The number of ether oxygens (including phenoxy) is 1. The average Bonchev–Trinajstić information content (AvgIpc) is 2.73. The van der Waals surface area contributed by atoms with Crippen molar-refractivity contribution in [3.05, 3.63) is 16.3 Å². The molecular formula is C10H15NO3S. The molecule has 0 aliphatic carbocycles. The van der Waals surface area contributed by atoms with Crippen LogP contribution in [0.3, 0.4) is 0 Å². The number of hydrogen-bond acceptors (Lipinski definition) is 4. The van der Waals surface area contributed by atoms with Crippen LogP contribution in [-0.4, -0.2) is 30.8 Å². The lowest BCUT2D eigenvalue weighted by molar-refractivity contribution is 0.0915. The van der Waals surface area contributed by atoms with E-state index in [0.717, 1.165) is 0 Å². The first-order valence-corrected chi connectivity index (χ1v) is 5.64. The highest BCUT2D eigenvalue weighted by Gasteiger charge is 2.14. The van der Waals surface area contributed by atoms with Gasteiger partial charge in [-0.05, 0) is 17.9 Å². The summed E-state index contributed by atoms with van der Waals surface area (Å²) in [6, 6.07) is 1.75. The van der Waals surface area contributed by atoms with Crippen LogP contribution in [0, 0.1) is 0 Å². The van der Waals surface area contributed by atoms with Gasteiger partial charge >= 0.3 is 0 Å². The molecule has 0 bridgehead atoms. The van der Waals surface area contributed by atoms with E-state index in [4.69, 9.17) is 4.74 Å². The molecule has 1 atom stereocenters. The second kappa shape index (κ2) is 5.72. The molecule has 1 rings (SSSR count). The smallest absolute Gasteiger partial charge is 0.265 e. The molecule has 4 nitrogen and oxygen atoms in total. The molecule has 15 heavy (non-hydrogen) atoms. The first-order chi connectivity index (χ1) is 7.19. The van der Waals surface area contributed by atoms with Gasteiger partial charge in [-0.3, -0.25) is 4.79 Å². The lowest BCUT2D eigenvalue weighted by Gasteiger charge is -2.09. The maximum absolute atomic E-state index is 11.6. The van der Waals surface area contributed by atoms with Gasteiger partial charge in [0.1, 0.15) is 10.6 Å². The molecule has 2 N–H and O–H groups in total. The Morgan fingerprint density at radius 2 is 2.47 bits per heavy atom. The molecule has 84 valence electrons. The molecule has 1 aromatic heterocycles. The summed E-state index contributed by atoms with van der Waals surface area (Å²) in [4.78, 5) is 12.2. The first kappa shape index (κ1) is 12.0. The third-order valence-corrected chi connectivity index (χ3v) is 2.92. The quantitative estimate of drug-likeness (QED) is 0.799. The van der Waals surface area contributed by atoms with Gasteiger partial charge in [-0.25, -0.2) is 0 Å². The minimum Gasteiger partial charge on any atom is -0.495 e. The number of nitrogens with one attached hydrogen (secondary N) is 1. The van der Waals surface area contributed by atoms with Gasteiger partial charge in [-0.2, -0.15) is 0 Å². The fourth-order valence-electron chi connectivity index (χ4n) is 1.06. The zero-order chi connectivity index (χ0) is 11.3. The van der Waals surface area contributed by atoms with Crippen molar-refractivity contribution in [1.29, 1.82) is 0 Å². The molecule has 1 amide bonds. The van der Waals surface area contributed by atoms with Crippen LogP contribution in [-0.2, 0) is 0 Å². The molecule has 0 fully saturated rings. The lowest BCUT2D eigenvalue weighted by atomic mass is 10.3. The van der Waals surface area contributed by atoms with Crippen LogP contribution in [0.5, 0.6) is 5.75 Å². The van der Waals surface area contributed by atoms with Crippen LogP contribution in [0.2, 0.25) is 0 Å². The molecule has 1 heterocycles. The van der Waals surface area contributed by atoms with Crippen molar-refractivity contribution in [2.45, 2.75) is 19.4 Å². The first-order valence-electron chi connectivity index (χ1n) is 4.76. The molecule has 1 unspecified atom stereocenters. The van der Waals surface area contributed by atoms with Crippen LogP contribution in [0.1, 0.15) is 23.0 Å². The van der Waals surface area contributed by atoms with Crippen LogP contribution in [0.4, 0.5) is 0 Å². The Bertz CT molecular complexity index is 324. The van der Waals surface area contributed by atoms with E-state index in [9.17, 15) is 9.90 Å². The number of carbonyl (C=O) groups excluding carboxylic acids is 1. The molecule has 0 radical (unpaired) electrons. The van der Waals surface area contributed by atoms with E-state index < -0.39 is 6.10 Å². The SMILES string of the molecule is CCC(O)CNC(=O)c1sccc1OC. The Morgan fingerprint density at radius 1 is 1.73 bits per heavy atom. The normalized spacial score (nSPS) is 12.2. The summed E-state index contributed by atoms with van der Waals surface area (Å²) in [7, 11) is 1.53. The van der Waals surface area contributed by atoms with Crippen LogP contribution in [0.25, 0.3) is 0 Å². The van der Waals surface area contributed by atoms with Gasteiger partial charge in [-0.1, -0.05) is 6.92 Å². The van der Waals surface area contributed by atoms with E-state index in [2.05, 4.69) is 5.32 Å². The minimum atomic E-state index is -0.486. The number of aliphatic hydroxyl groups is 1. The summed E-state index contributed by atoms with van der Waals surface area (Å²) >= 11 is 1.32. The summed E-state index contributed by atoms with van der Waals surface area (Å²) in [6.45, 7) is 2.14. The van der Waals surface area contributed by atoms with E-state index >= 15 is 0 Å². The van der Waals surface area contributed by atoms with Crippen LogP contribution < -0.4 is 10.1 Å². The van der Waals surface area contributed by atoms with Crippen LogP contribution in [0.15, 0.2) is 11.4 Å². The predicted molar refractivity (Wildman–Crippen MR) is 59.5 cm³/mol. The maximum atomic E-state index is 11.6. The summed E-state index contributed by atoms with van der Waals surface area (Å²) < 4.78 is 5.03. The number of thiophene rings is 1. The van der Waals surface area contributed by atoms with Crippen molar-refractivity contribution < 1.29 is 14.6 Å². The summed E-state index contributed by atoms with van der Waals surface area (Å²) in [5.74, 6) is 0.373. The zero-order valence-corrected chi connectivity index (χ0v) is 9.63. The monoisotopic (exact) mass is 229 g/mol. The molecular weight excluding hydrogens is 214 g/mol. The fourth-order valence-corrected chi connectivity index (χ4v) is 1.83.